The number of hydrogen-bond donors (Lipinski definition) is 0. The highest BCUT2D eigenvalue weighted by Gasteiger charge is 2.06. The molecule has 0 unspecified atom stereocenters. The molecule has 0 heterocycles. The van der Waals surface area contributed by atoms with Crippen LogP contribution in [0.2, 0.25) is 5.02 Å². The monoisotopic (exact) mass is 259 g/mol. The molecule has 0 saturated carbocycles. The molecule has 0 saturated heterocycles. The van der Waals surface area contributed by atoms with Gasteiger partial charge in [-0.3, -0.25) is 4.79 Å². The summed E-state index contributed by atoms with van der Waals surface area (Å²) in [6, 6.07) is 16.6. The van der Waals surface area contributed by atoms with Gasteiger partial charge in [0.15, 0.2) is 0 Å². The predicted octanol–water partition coefficient (Wildman–Crippen LogP) is 3.64. The van der Waals surface area contributed by atoms with Crippen LogP contribution >= 0.6 is 11.6 Å². The highest BCUT2D eigenvalue weighted by Crippen LogP contribution is 2.13. The van der Waals surface area contributed by atoms with E-state index in [2.05, 4.69) is 0 Å². The smallest absolute Gasteiger partial charge is 0.314 e. The molecule has 0 bridgehead atoms. The van der Waals surface area contributed by atoms with E-state index in [1.165, 1.54) is 6.42 Å². The zero-order valence-corrected chi connectivity index (χ0v) is 10.4. The summed E-state index contributed by atoms with van der Waals surface area (Å²) < 4.78 is 5.13. The normalized spacial score (nSPS) is 10.1. The highest BCUT2D eigenvalue weighted by molar-refractivity contribution is 6.30. The molecule has 2 nitrogen and oxygen atoms in total. The summed E-state index contributed by atoms with van der Waals surface area (Å²) in [6.07, 6.45) is 1.43. The molecule has 0 atom stereocenters. The van der Waals surface area contributed by atoms with Gasteiger partial charge in [0.25, 0.3) is 0 Å². The first-order valence-electron chi connectivity index (χ1n) is 5.55. The quantitative estimate of drug-likeness (QED) is 0.784. The summed E-state index contributed by atoms with van der Waals surface area (Å²) in [5, 5.41) is 0.597. The van der Waals surface area contributed by atoms with Crippen molar-refractivity contribution in [2.75, 3.05) is 0 Å². The lowest BCUT2D eigenvalue weighted by atomic mass is 10.1. The summed E-state index contributed by atoms with van der Waals surface area (Å²) in [5.74, 6) is -0.374. The lowest BCUT2D eigenvalue weighted by molar-refractivity contribution is -0.140. The van der Waals surface area contributed by atoms with E-state index >= 15 is 0 Å². The Morgan fingerprint density at radius 3 is 2.61 bits per heavy atom. The molecule has 18 heavy (non-hydrogen) atoms. The zero-order chi connectivity index (χ0) is 12.8. The van der Waals surface area contributed by atoms with Crippen LogP contribution < -0.4 is 0 Å². The van der Waals surface area contributed by atoms with Crippen molar-refractivity contribution in [1.29, 1.82) is 0 Å². The third kappa shape index (κ3) is 3.90. The summed E-state index contributed by atoms with van der Waals surface area (Å²) in [6.45, 7) is 0.275. The van der Waals surface area contributed by atoms with Gasteiger partial charge in [0, 0.05) is 5.02 Å². The Kier molecular flexibility index (Phi) is 4.37. The number of ether oxygens (including phenoxy) is 1. The average Bonchev–Trinajstić information content (AvgIpc) is 2.38. The van der Waals surface area contributed by atoms with Crippen LogP contribution in [0.3, 0.4) is 0 Å². The molecule has 1 radical (unpaired) electrons. The fourth-order valence-corrected chi connectivity index (χ4v) is 1.70. The second-order valence-corrected chi connectivity index (χ2v) is 4.23. The number of carbonyl (C=O) groups excluding carboxylic acids is 1. The lowest BCUT2D eigenvalue weighted by Gasteiger charge is -2.04. The number of rotatable bonds is 4. The summed E-state index contributed by atoms with van der Waals surface area (Å²) in [5.41, 5.74) is 1.70. The van der Waals surface area contributed by atoms with E-state index in [0.29, 0.717) is 5.02 Å². The van der Waals surface area contributed by atoms with Crippen molar-refractivity contribution in [3.05, 3.63) is 77.2 Å². The van der Waals surface area contributed by atoms with Crippen molar-refractivity contribution >= 4 is 17.6 Å². The van der Waals surface area contributed by atoms with E-state index < -0.39 is 0 Å². The topological polar surface area (TPSA) is 26.3 Å². The maximum atomic E-state index is 11.6. The average molecular weight is 260 g/mol. The van der Waals surface area contributed by atoms with Crippen molar-refractivity contribution in [3.63, 3.8) is 0 Å². The molecule has 91 valence electrons. The zero-order valence-electron chi connectivity index (χ0n) is 9.68. The fourth-order valence-electron chi connectivity index (χ4n) is 1.50. The van der Waals surface area contributed by atoms with Gasteiger partial charge in [-0.05, 0) is 23.3 Å². The number of esters is 1. The molecule has 0 aromatic heterocycles. The van der Waals surface area contributed by atoms with Crippen LogP contribution in [0.4, 0.5) is 0 Å². The first-order chi connectivity index (χ1) is 8.74. The Hall–Kier alpha value is -1.80. The van der Waals surface area contributed by atoms with Gasteiger partial charge in [0.2, 0.25) is 0 Å². The van der Waals surface area contributed by atoms with Crippen LogP contribution in [0.1, 0.15) is 11.1 Å². The molecule has 0 aliphatic rings. The van der Waals surface area contributed by atoms with E-state index in [1.54, 1.807) is 24.3 Å². The minimum atomic E-state index is -0.374. The Labute approximate surface area is 111 Å². The highest BCUT2D eigenvalue weighted by atomic mass is 35.5. The minimum Gasteiger partial charge on any atom is -0.460 e. The van der Waals surface area contributed by atoms with Crippen molar-refractivity contribution in [1.82, 2.24) is 0 Å². The Bertz CT molecular complexity index is 523. The SMILES string of the molecule is O=C([CH]c1cccc(Cl)c1)OCc1ccccc1. The molecule has 0 amide bonds. The maximum absolute atomic E-state index is 11.6. The fraction of sp³-hybridized carbons (Fsp3) is 0.0667. The van der Waals surface area contributed by atoms with Crippen LogP contribution in [0.15, 0.2) is 54.6 Å². The second kappa shape index (κ2) is 6.22. The molecular weight excluding hydrogens is 248 g/mol. The van der Waals surface area contributed by atoms with E-state index in [-0.39, 0.29) is 12.6 Å². The Morgan fingerprint density at radius 1 is 1.11 bits per heavy atom. The molecule has 0 spiro atoms. The van der Waals surface area contributed by atoms with Gasteiger partial charge in [0.1, 0.15) is 6.61 Å². The number of halogens is 1. The van der Waals surface area contributed by atoms with E-state index in [0.717, 1.165) is 11.1 Å². The summed E-state index contributed by atoms with van der Waals surface area (Å²) in [4.78, 5) is 11.6. The van der Waals surface area contributed by atoms with Gasteiger partial charge < -0.3 is 4.74 Å². The van der Waals surface area contributed by atoms with Crippen LogP contribution in [0.5, 0.6) is 0 Å². The predicted molar refractivity (Wildman–Crippen MR) is 71.1 cm³/mol. The van der Waals surface area contributed by atoms with E-state index in [1.807, 2.05) is 30.3 Å². The number of carbonyl (C=O) groups is 1. The lowest BCUT2D eigenvalue weighted by Crippen LogP contribution is -2.05. The maximum Gasteiger partial charge on any atom is 0.314 e. The largest absolute Gasteiger partial charge is 0.460 e. The van der Waals surface area contributed by atoms with Gasteiger partial charge in [-0.25, -0.2) is 0 Å². The van der Waals surface area contributed by atoms with Gasteiger partial charge >= 0.3 is 5.97 Å². The molecule has 2 rings (SSSR count). The molecule has 0 N–H and O–H groups in total. The van der Waals surface area contributed by atoms with Crippen molar-refractivity contribution in [3.8, 4) is 0 Å². The van der Waals surface area contributed by atoms with E-state index in [4.69, 9.17) is 16.3 Å². The molecule has 0 fully saturated rings. The van der Waals surface area contributed by atoms with Crippen molar-refractivity contribution in [2.24, 2.45) is 0 Å². The Morgan fingerprint density at radius 2 is 1.89 bits per heavy atom. The third-order valence-electron chi connectivity index (χ3n) is 2.36. The van der Waals surface area contributed by atoms with Crippen molar-refractivity contribution in [2.45, 2.75) is 6.61 Å². The van der Waals surface area contributed by atoms with Crippen LogP contribution in [0.25, 0.3) is 0 Å². The van der Waals surface area contributed by atoms with Crippen LogP contribution in [-0.4, -0.2) is 5.97 Å². The molecular formula is C15H12ClO2. The molecule has 2 aromatic carbocycles. The van der Waals surface area contributed by atoms with Gasteiger partial charge in [0.05, 0.1) is 6.42 Å². The van der Waals surface area contributed by atoms with Gasteiger partial charge in [-0.2, -0.15) is 0 Å². The first kappa shape index (κ1) is 12.7. The summed E-state index contributed by atoms with van der Waals surface area (Å²) in [7, 11) is 0. The molecule has 2 aromatic rings. The molecule has 0 aliphatic heterocycles. The number of hydrogen-bond acceptors (Lipinski definition) is 2. The number of benzene rings is 2. The van der Waals surface area contributed by atoms with Crippen LogP contribution in [0, 0.1) is 6.42 Å². The van der Waals surface area contributed by atoms with Gasteiger partial charge in [-0.1, -0.05) is 54.1 Å². The van der Waals surface area contributed by atoms with Crippen molar-refractivity contribution < 1.29 is 9.53 Å². The van der Waals surface area contributed by atoms with Gasteiger partial charge in [-0.15, -0.1) is 0 Å². The minimum absolute atomic E-state index is 0.275. The van der Waals surface area contributed by atoms with E-state index in [9.17, 15) is 4.79 Å². The molecule has 3 heteroatoms. The summed E-state index contributed by atoms with van der Waals surface area (Å²) >= 11 is 5.83. The third-order valence-corrected chi connectivity index (χ3v) is 2.59. The first-order valence-corrected chi connectivity index (χ1v) is 5.93. The second-order valence-electron chi connectivity index (χ2n) is 3.79. The Balaban J connectivity index is 1.86. The standard InChI is InChI=1S/C15H12ClO2/c16-14-8-4-7-13(9-14)10-15(17)18-11-12-5-2-1-3-6-12/h1-10H,11H2. The van der Waals surface area contributed by atoms with Crippen LogP contribution in [-0.2, 0) is 16.1 Å². The molecule has 0 aliphatic carbocycles.